The van der Waals surface area contributed by atoms with Gasteiger partial charge in [-0.25, -0.2) is 9.97 Å². The van der Waals surface area contributed by atoms with Crippen LogP contribution in [0.4, 0.5) is 5.82 Å². The molecule has 0 saturated carbocycles. The van der Waals surface area contributed by atoms with E-state index < -0.39 is 0 Å². The molecule has 1 atom stereocenters. The molecular formula is C16H24N4O2. The Morgan fingerprint density at radius 1 is 1.36 bits per heavy atom. The smallest absolute Gasteiger partial charge is 0.251 e. The molecule has 0 radical (unpaired) electrons. The van der Waals surface area contributed by atoms with Gasteiger partial charge in [0.25, 0.3) is 5.91 Å². The number of hydrogen-bond donors (Lipinski definition) is 1. The summed E-state index contributed by atoms with van der Waals surface area (Å²) < 4.78 is 5.53. The summed E-state index contributed by atoms with van der Waals surface area (Å²) in [6.07, 6.45) is 4.79. The molecule has 3 rings (SSSR count). The van der Waals surface area contributed by atoms with Crippen LogP contribution >= 0.6 is 0 Å². The van der Waals surface area contributed by atoms with Crippen molar-refractivity contribution in [2.24, 2.45) is 0 Å². The first-order valence-corrected chi connectivity index (χ1v) is 8.15. The first-order chi connectivity index (χ1) is 10.6. The Morgan fingerprint density at radius 2 is 2.18 bits per heavy atom. The van der Waals surface area contributed by atoms with Gasteiger partial charge in [0.05, 0.1) is 5.69 Å². The van der Waals surface area contributed by atoms with Crippen LogP contribution in [-0.4, -0.2) is 52.6 Å². The van der Waals surface area contributed by atoms with Crippen LogP contribution in [0.25, 0.3) is 0 Å². The molecule has 1 aromatic rings. The Morgan fingerprint density at radius 3 is 2.91 bits per heavy atom. The molecule has 120 valence electrons. The average Bonchev–Trinajstić information content (AvgIpc) is 2.93. The molecule has 6 nitrogen and oxygen atoms in total. The lowest BCUT2D eigenvalue weighted by Gasteiger charge is -2.23. The second kappa shape index (κ2) is 6.60. The third-order valence-corrected chi connectivity index (χ3v) is 4.23. The van der Waals surface area contributed by atoms with E-state index in [0.29, 0.717) is 25.7 Å². The molecule has 1 amide bonds. The highest BCUT2D eigenvalue weighted by molar-refractivity contribution is 5.81. The fraction of sp³-hybridized carbons (Fsp3) is 0.688. The number of carbonyl (C=O) groups is 1. The van der Waals surface area contributed by atoms with Crippen LogP contribution in [0.2, 0.25) is 0 Å². The summed E-state index contributed by atoms with van der Waals surface area (Å²) in [6, 6.07) is 0.326. The van der Waals surface area contributed by atoms with Crippen LogP contribution in [0.3, 0.4) is 0 Å². The summed E-state index contributed by atoms with van der Waals surface area (Å²) >= 11 is 0. The maximum absolute atomic E-state index is 12.5. The van der Waals surface area contributed by atoms with Crippen molar-refractivity contribution in [3.8, 4) is 0 Å². The lowest BCUT2D eigenvalue weighted by molar-refractivity contribution is -0.140. The molecule has 0 aromatic carbocycles. The zero-order chi connectivity index (χ0) is 15.5. The second-order valence-corrected chi connectivity index (χ2v) is 6.27. The average molecular weight is 304 g/mol. The largest absolute Gasteiger partial charge is 0.368 e. The third kappa shape index (κ3) is 3.21. The van der Waals surface area contributed by atoms with Crippen LogP contribution < -0.4 is 5.32 Å². The summed E-state index contributed by atoms with van der Waals surface area (Å²) in [5.74, 6) is 1.04. The number of ether oxygens (including phenoxy) is 1. The predicted molar refractivity (Wildman–Crippen MR) is 83.8 cm³/mol. The second-order valence-electron chi connectivity index (χ2n) is 6.27. The van der Waals surface area contributed by atoms with Gasteiger partial charge in [0, 0.05) is 37.7 Å². The first-order valence-electron chi connectivity index (χ1n) is 8.15. The molecule has 2 aliphatic heterocycles. The Bertz CT molecular complexity index is 541. The maximum atomic E-state index is 12.5. The van der Waals surface area contributed by atoms with Crippen LogP contribution in [0.1, 0.15) is 37.9 Å². The number of aromatic nitrogens is 2. The van der Waals surface area contributed by atoms with Gasteiger partial charge in [0.2, 0.25) is 0 Å². The number of nitrogens with one attached hydrogen (secondary N) is 1. The van der Waals surface area contributed by atoms with Gasteiger partial charge in [0.15, 0.2) is 0 Å². The normalized spacial score (nSPS) is 21.6. The van der Waals surface area contributed by atoms with E-state index in [1.807, 2.05) is 4.90 Å². The molecule has 22 heavy (non-hydrogen) atoms. The molecule has 0 spiro atoms. The highest BCUT2D eigenvalue weighted by Gasteiger charge is 2.30. The Labute approximate surface area is 131 Å². The summed E-state index contributed by atoms with van der Waals surface area (Å²) in [7, 11) is 0. The molecule has 0 aliphatic carbocycles. The van der Waals surface area contributed by atoms with Crippen LogP contribution in [0, 0.1) is 0 Å². The molecule has 0 unspecified atom stereocenters. The van der Waals surface area contributed by atoms with E-state index in [1.165, 1.54) is 0 Å². The molecule has 2 aliphatic rings. The number of rotatable bonds is 3. The lowest BCUT2D eigenvalue weighted by Crippen LogP contribution is -2.40. The standard InChI is InChI=1S/C16H24N4O2/c1-11(2)19-15-12-5-7-20(8-6-13(12)17-10-18-15)16(21)14-4-3-9-22-14/h10-11,14H,3-9H2,1-2H3,(H,17,18,19)/t14-/m1/s1. The van der Waals surface area contributed by atoms with Crippen molar-refractivity contribution in [1.82, 2.24) is 14.9 Å². The van der Waals surface area contributed by atoms with E-state index >= 15 is 0 Å². The van der Waals surface area contributed by atoms with Gasteiger partial charge in [-0.2, -0.15) is 0 Å². The lowest BCUT2D eigenvalue weighted by atomic mass is 10.1. The number of carbonyl (C=O) groups excluding carboxylic acids is 1. The van der Waals surface area contributed by atoms with Crippen molar-refractivity contribution in [2.45, 2.75) is 51.7 Å². The van der Waals surface area contributed by atoms with Crippen molar-refractivity contribution in [3.63, 3.8) is 0 Å². The number of fused-ring (bicyclic) bond motifs is 1. The minimum Gasteiger partial charge on any atom is -0.368 e. The van der Waals surface area contributed by atoms with Gasteiger partial charge in [-0.05, 0) is 33.1 Å². The maximum Gasteiger partial charge on any atom is 0.251 e. The fourth-order valence-electron chi connectivity index (χ4n) is 3.12. The van der Waals surface area contributed by atoms with Gasteiger partial charge < -0.3 is 15.0 Å². The van der Waals surface area contributed by atoms with E-state index in [9.17, 15) is 4.79 Å². The zero-order valence-electron chi connectivity index (χ0n) is 13.3. The van der Waals surface area contributed by atoms with E-state index in [-0.39, 0.29) is 12.0 Å². The van der Waals surface area contributed by atoms with Crippen molar-refractivity contribution >= 4 is 11.7 Å². The minimum atomic E-state index is -0.236. The molecule has 1 saturated heterocycles. The summed E-state index contributed by atoms with van der Waals surface area (Å²) in [5, 5.41) is 3.38. The van der Waals surface area contributed by atoms with Crippen LogP contribution in [-0.2, 0) is 22.4 Å². The van der Waals surface area contributed by atoms with Crippen molar-refractivity contribution in [1.29, 1.82) is 0 Å². The summed E-state index contributed by atoms with van der Waals surface area (Å²) in [6.45, 7) is 6.32. The van der Waals surface area contributed by atoms with Crippen LogP contribution in [0.5, 0.6) is 0 Å². The quantitative estimate of drug-likeness (QED) is 0.914. The summed E-state index contributed by atoms with van der Waals surface area (Å²) in [5.41, 5.74) is 2.21. The highest BCUT2D eigenvalue weighted by Crippen LogP contribution is 2.22. The van der Waals surface area contributed by atoms with Crippen molar-refractivity contribution in [2.75, 3.05) is 25.0 Å². The number of hydrogen-bond acceptors (Lipinski definition) is 5. The fourth-order valence-corrected chi connectivity index (χ4v) is 3.12. The van der Waals surface area contributed by atoms with Gasteiger partial charge in [0.1, 0.15) is 18.2 Å². The van der Waals surface area contributed by atoms with Crippen molar-refractivity contribution < 1.29 is 9.53 Å². The van der Waals surface area contributed by atoms with E-state index in [1.54, 1.807) is 6.33 Å². The molecule has 6 heteroatoms. The molecular weight excluding hydrogens is 280 g/mol. The SMILES string of the molecule is CC(C)Nc1ncnc2c1CCN(C(=O)[C@H]1CCCO1)CC2. The molecule has 1 fully saturated rings. The Kier molecular flexibility index (Phi) is 4.57. The van der Waals surface area contributed by atoms with Gasteiger partial charge >= 0.3 is 0 Å². The summed E-state index contributed by atoms with van der Waals surface area (Å²) in [4.78, 5) is 23.2. The van der Waals surface area contributed by atoms with E-state index in [0.717, 1.165) is 42.8 Å². The monoisotopic (exact) mass is 304 g/mol. The molecule has 1 N–H and O–H groups in total. The van der Waals surface area contributed by atoms with Gasteiger partial charge in [-0.1, -0.05) is 0 Å². The topological polar surface area (TPSA) is 67.4 Å². The third-order valence-electron chi connectivity index (χ3n) is 4.23. The highest BCUT2D eigenvalue weighted by atomic mass is 16.5. The van der Waals surface area contributed by atoms with Gasteiger partial charge in [-0.3, -0.25) is 4.79 Å². The Hall–Kier alpha value is -1.69. The first kappa shape index (κ1) is 15.2. The van der Waals surface area contributed by atoms with Crippen LogP contribution in [0.15, 0.2) is 6.33 Å². The molecule has 0 bridgehead atoms. The minimum absolute atomic E-state index is 0.136. The molecule has 3 heterocycles. The van der Waals surface area contributed by atoms with E-state index in [2.05, 4.69) is 29.1 Å². The zero-order valence-corrected chi connectivity index (χ0v) is 13.3. The predicted octanol–water partition coefficient (Wildman–Crippen LogP) is 1.40. The number of nitrogens with zero attached hydrogens (tertiary/aromatic N) is 3. The number of amides is 1. The van der Waals surface area contributed by atoms with Crippen molar-refractivity contribution in [3.05, 3.63) is 17.6 Å². The number of anilines is 1. The van der Waals surface area contributed by atoms with E-state index in [4.69, 9.17) is 4.74 Å². The Balaban J connectivity index is 1.73. The molecule has 1 aromatic heterocycles. The van der Waals surface area contributed by atoms with Gasteiger partial charge in [-0.15, -0.1) is 0 Å².